The van der Waals surface area contributed by atoms with Gasteiger partial charge in [0.25, 0.3) is 0 Å². The number of rotatable bonds is 4. The topological polar surface area (TPSA) is 54.9 Å². The van der Waals surface area contributed by atoms with Crippen molar-refractivity contribution in [3.63, 3.8) is 0 Å². The van der Waals surface area contributed by atoms with Crippen LogP contribution in [-0.2, 0) is 4.79 Å². The van der Waals surface area contributed by atoms with Crippen LogP contribution >= 0.6 is 23.1 Å². The van der Waals surface area contributed by atoms with Crippen molar-refractivity contribution < 1.29 is 4.79 Å². The smallest absolute Gasteiger partial charge is 0.230 e. The van der Waals surface area contributed by atoms with E-state index in [1.807, 2.05) is 6.92 Å². The van der Waals surface area contributed by atoms with Gasteiger partial charge in [0, 0.05) is 6.04 Å². The molecule has 0 aliphatic heterocycles. The Balaban J connectivity index is 1.74. The SMILES string of the molecule is Cc1nnc(SCC(=O)N[C@H]2CCCC[C@H]2C)s1. The average molecular weight is 285 g/mol. The van der Waals surface area contributed by atoms with E-state index in [1.54, 1.807) is 0 Å². The summed E-state index contributed by atoms with van der Waals surface area (Å²) < 4.78 is 0.874. The lowest BCUT2D eigenvalue weighted by Crippen LogP contribution is -2.41. The summed E-state index contributed by atoms with van der Waals surface area (Å²) in [5.74, 6) is 1.17. The molecule has 1 aliphatic carbocycles. The minimum absolute atomic E-state index is 0.117. The molecule has 2 atom stereocenters. The maximum Gasteiger partial charge on any atom is 0.230 e. The molecule has 1 aromatic rings. The number of amides is 1. The Morgan fingerprint density at radius 2 is 2.22 bits per heavy atom. The molecule has 1 aliphatic rings. The molecule has 0 bridgehead atoms. The third-order valence-electron chi connectivity index (χ3n) is 3.29. The number of carbonyl (C=O) groups is 1. The second-order valence-electron chi connectivity index (χ2n) is 4.81. The summed E-state index contributed by atoms with van der Waals surface area (Å²) in [5, 5.41) is 12.0. The number of hydrogen-bond donors (Lipinski definition) is 1. The molecule has 1 aromatic heterocycles. The summed E-state index contributed by atoms with van der Waals surface area (Å²) in [6.45, 7) is 4.15. The van der Waals surface area contributed by atoms with E-state index in [-0.39, 0.29) is 5.91 Å². The molecule has 0 spiro atoms. The van der Waals surface area contributed by atoms with E-state index in [0.717, 1.165) is 15.8 Å². The molecule has 1 amide bonds. The van der Waals surface area contributed by atoms with Gasteiger partial charge in [-0.2, -0.15) is 0 Å². The van der Waals surface area contributed by atoms with Crippen molar-refractivity contribution in [2.24, 2.45) is 5.92 Å². The van der Waals surface area contributed by atoms with Gasteiger partial charge in [0.15, 0.2) is 4.34 Å². The molecule has 1 N–H and O–H groups in total. The average Bonchev–Trinajstić information content (AvgIpc) is 2.76. The number of carbonyl (C=O) groups excluding carboxylic acids is 1. The minimum Gasteiger partial charge on any atom is -0.352 e. The monoisotopic (exact) mass is 285 g/mol. The molecule has 100 valence electrons. The van der Waals surface area contributed by atoms with Crippen LogP contribution in [0.4, 0.5) is 0 Å². The number of aryl methyl sites for hydroxylation is 1. The van der Waals surface area contributed by atoms with Crippen LogP contribution in [0.25, 0.3) is 0 Å². The molecule has 1 heterocycles. The minimum atomic E-state index is 0.117. The Morgan fingerprint density at radius 3 is 2.89 bits per heavy atom. The van der Waals surface area contributed by atoms with Gasteiger partial charge in [-0.3, -0.25) is 4.79 Å². The molecule has 1 fully saturated rings. The highest BCUT2D eigenvalue weighted by Crippen LogP contribution is 2.25. The Bertz CT molecular complexity index is 408. The Hall–Kier alpha value is -0.620. The van der Waals surface area contributed by atoms with Crippen molar-refractivity contribution >= 4 is 29.0 Å². The summed E-state index contributed by atoms with van der Waals surface area (Å²) in [6.07, 6.45) is 4.88. The maximum atomic E-state index is 11.9. The first kappa shape index (κ1) is 13.8. The third-order valence-corrected chi connectivity index (χ3v) is 5.26. The molecule has 0 radical (unpaired) electrons. The lowest BCUT2D eigenvalue weighted by atomic mass is 9.86. The predicted molar refractivity (Wildman–Crippen MR) is 74.9 cm³/mol. The van der Waals surface area contributed by atoms with Crippen LogP contribution in [0.3, 0.4) is 0 Å². The molecular formula is C12H19N3OS2. The number of aromatic nitrogens is 2. The maximum absolute atomic E-state index is 11.9. The van der Waals surface area contributed by atoms with Crippen LogP contribution in [-0.4, -0.2) is 27.9 Å². The Kier molecular flexibility index (Phi) is 5.00. The van der Waals surface area contributed by atoms with Crippen LogP contribution in [0.5, 0.6) is 0 Å². The molecule has 18 heavy (non-hydrogen) atoms. The van der Waals surface area contributed by atoms with Crippen molar-refractivity contribution in [2.45, 2.75) is 49.9 Å². The Labute approximate surface area is 116 Å². The molecule has 2 rings (SSSR count). The van der Waals surface area contributed by atoms with Crippen molar-refractivity contribution in [2.75, 3.05) is 5.75 Å². The van der Waals surface area contributed by atoms with Gasteiger partial charge in [0.1, 0.15) is 5.01 Å². The van der Waals surface area contributed by atoms with Crippen LogP contribution < -0.4 is 5.32 Å². The second-order valence-corrected chi connectivity index (χ2v) is 7.22. The molecule has 0 aromatic carbocycles. The van der Waals surface area contributed by atoms with Gasteiger partial charge in [-0.15, -0.1) is 10.2 Å². The first-order valence-corrected chi connectivity index (χ1v) is 8.17. The molecule has 1 saturated carbocycles. The third kappa shape index (κ3) is 3.95. The van der Waals surface area contributed by atoms with Crippen LogP contribution in [0.1, 0.15) is 37.6 Å². The fraction of sp³-hybridized carbons (Fsp3) is 0.750. The first-order valence-electron chi connectivity index (χ1n) is 6.37. The number of nitrogens with zero attached hydrogens (tertiary/aromatic N) is 2. The quantitative estimate of drug-likeness (QED) is 0.864. The van der Waals surface area contributed by atoms with Crippen molar-refractivity contribution in [1.29, 1.82) is 0 Å². The van der Waals surface area contributed by atoms with Crippen molar-refractivity contribution in [3.05, 3.63) is 5.01 Å². The number of hydrogen-bond acceptors (Lipinski definition) is 5. The molecule has 4 nitrogen and oxygen atoms in total. The number of nitrogens with one attached hydrogen (secondary N) is 1. The van der Waals surface area contributed by atoms with Gasteiger partial charge in [-0.25, -0.2) is 0 Å². The predicted octanol–water partition coefficient (Wildman–Crippen LogP) is 2.63. The van der Waals surface area contributed by atoms with E-state index in [0.29, 0.717) is 17.7 Å². The summed E-state index contributed by atoms with van der Waals surface area (Å²) >= 11 is 3.01. The second kappa shape index (κ2) is 6.52. The van der Waals surface area contributed by atoms with Crippen LogP contribution in [0.2, 0.25) is 0 Å². The zero-order valence-corrected chi connectivity index (χ0v) is 12.4. The fourth-order valence-electron chi connectivity index (χ4n) is 2.24. The van der Waals surface area contributed by atoms with Gasteiger partial charge < -0.3 is 5.32 Å². The van der Waals surface area contributed by atoms with Crippen LogP contribution in [0.15, 0.2) is 4.34 Å². The van der Waals surface area contributed by atoms with E-state index >= 15 is 0 Å². The zero-order chi connectivity index (χ0) is 13.0. The van der Waals surface area contributed by atoms with E-state index in [4.69, 9.17) is 0 Å². The fourth-order valence-corrected chi connectivity index (χ4v) is 3.87. The van der Waals surface area contributed by atoms with E-state index < -0.39 is 0 Å². The lowest BCUT2D eigenvalue weighted by Gasteiger charge is -2.29. The highest BCUT2D eigenvalue weighted by molar-refractivity contribution is 8.01. The highest BCUT2D eigenvalue weighted by atomic mass is 32.2. The molecule has 6 heteroatoms. The molecule has 0 unspecified atom stereocenters. The van der Waals surface area contributed by atoms with Crippen LogP contribution in [0, 0.1) is 12.8 Å². The van der Waals surface area contributed by atoms with E-state index in [2.05, 4.69) is 22.4 Å². The van der Waals surface area contributed by atoms with Crippen molar-refractivity contribution in [1.82, 2.24) is 15.5 Å². The highest BCUT2D eigenvalue weighted by Gasteiger charge is 2.22. The zero-order valence-electron chi connectivity index (χ0n) is 10.8. The largest absolute Gasteiger partial charge is 0.352 e. The summed E-state index contributed by atoms with van der Waals surface area (Å²) in [7, 11) is 0. The standard InChI is InChI=1S/C12H19N3OS2/c1-8-5-3-4-6-10(8)13-11(16)7-17-12-15-14-9(2)18-12/h8,10H,3-7H2,1-2H3,(H,13,16)/t8-,10+/m1/s1. The normalized spacial score (nSPS) is 23.9. The van der Waals surface area contributed by atoms with Crippen molar-refractivity contribution in [3.8, 4) is 0 Å². The molecule has 0 saturated heterocycles. The Morgan fingerprint density at radius 1 is 1.44 bits per heavy atom. The lowest BCUT2D eigenvalue weighted by molar-refractivity contribution is -0.119. The van der Waals surface area contributed by atoms with Gasteiger partial charge in [0.05, 0.1) is 5.75 Å². The van der Waals surface area contributed by atoms with Gasteiger partial charge in [-0.1, -0.05) is 42.9 Å². The van der Waals surface area contributed by atoms with E-state index in [1.165, 1.54) is 42.4 Å². The summed E-state index contributed by atoms with van der Waals surface area (Å²) in [5.41, 5.74) is 0. The van der Waals surface area contributed by atoms with Gasteiger partial charge >= 0.3 is 0 Å². The molecular weight excluding hydrogens is 266 g/mol. The first-order chi connectivity index (χ1) is 8.65. The van der Waals surface area contributed by atoms with Gasteiger partial charge in [0.2, 0.25) is 5.91 Å². The summed E-state index contributed by atoms with van der Waals surface area (Å²) in [4.78, 5) is 11.9. The van der Waals surface area contributed by atoms with E-state index in [9.17, 15) is 4.79 Å². The number of thioether (sulfide) groups is 1. The van der Waals surface area contributed by atoms with Gasteiger partial charge in [-0.05, 0) is 25.7 Å². The summed E-state index contributed by atoms with van der Waals surface area (Å²) in [6, 6.07) is 0.364.